The SMILES string of the molecule is CC(=O)Nc1ccc2cc(C(=O)C34CCCC5CC(CC5C3)C4)oc2c1. The average molecular weight is 351 g/mol. The fourth-order valence-electron chi connectivity index (χ4n) is 6.14. The van der Waals surface area contributed by atoms with Crippen LogP contribution in [0.15, 0.2) is 28.7 Å². The maximum Gasteiger partial charge on any atom is 0.221 e. The van der Waals surface area contributed by atoms with E-state index in [0.29, 0.717) is 17.0 Å². The maximum absolute atomic E-state index is 13.5. The standard InChI is InChI=1S/C22H25NO3/c1-13(24)23-18-5-4-16-9-20(26-19(16)10-18)21(25)22-6-2-3-15-7-14(11-22)8-17(15)12-22/h4-5,9-10,14-15,17H,2-3,6-8,11-12H2,1H3,(H,23,24). The fourth-order valence-corrected chi connectivity index (χ4v) is 6.14. The number of fused-ring (bicyclic) bond motifs is 3. The van der Waals surface area contributed by atoms with Gasteiger partial charge in [0.25, 0.3) is 0 Å². The Morgan fingerprint density at radius 2 is 2.00 bits per heavy atom. The summed E-state index contributed by atoms with van der Waals surface area (Å²) < 4.78 is 5.98. The van der Waals surface area contributed by atoms with Crippen LogP contribution in [0.5, 0.6) is 0 Å². The molecule has 2 aromatic rings. The number of furan rings is 1. The summed E-state index contributed by atoms with van der Waals surface area (Å²) in [6.07, 6.45) is 8.26. The van der Waals surface area contributed by atoms with E-state index in [2.05, 4.69) is 5.32 Å². The number of amides is 1. The molecule has 0 spiro atoms. The summed E-state index contributed by atoms with van der Waals surface area (Å²) in [6.45, 7) is 1.48. The molecule has 4 heteroatoms. The van der Waals surface area contributed by atoms with Crippen molar-refractivity contribution in [2.75, 3.05) is 5.32 Å². The molecule has 3 bridgehead atoms. The van der Waals surface area contributed by atoms with Crippen molar-refractivity contribution >= 4 is 28.3 Å². The van der Waals surface area contributed by atoms with Crippen LogP contribution >= 0.6 is 0 Å². The molecule has 3 aliphatic carbocycles. The molecule has 1 heterocycles. The Morgan fingerprint density at radius 1 is 1.15 bits per heavy atom. The molecule has 4 unspecified atom stereocenters. The topological polar surface area (TPSA) is 59.3 Å². The van der Waals surface area contributed by atoms with Crippen LogP contribution in [0.25, 0.3) is 11.0 Å². The van der Waals surface area contributed by atoms with Crippen LogP contribution in [-0.2, 0) is 4.79 Å². The third-order valence-electron chi connectivity index (χ3n) is 7.05. The maximum atomic E-state index is 13.5. The van der Waals surface area contributed by atoms with Gasteiger partial charge in [-0.1, -0.05) is 12.8 Å². The molecule has 0 aliphatic heterocycles. The Bertz CT molecular complexity index is 898. The van der Waals surface area contributed by atoms with Crippen LogP contribution in [0.1, 0.15) is 62.4 Å². The van der Waals surface area contributed by atoms with Crippen LogP contribution < -0.4 is 5.32 Å². The highest BCUT2D eigenvalue weighted by molar-refractivity contribution is 6.02. The lowest BCUT2D eigenvalue weighted by Crippen LogP contribution is -2.36. The van der Waals surface area contributed by atoms with E-state index in [-0.39, 0.29) is 17.1 Å². The summed E-state index contributed by atoms with van der Waals surface area (Å²) in [4.78, 5) is 24.8. The van der Waals surface area contributed by atoms with Crippen molar-refractivity contribution in [1.82, 2.24) is 0 Å². The largest absolute Gasteiger partial charge is 0.453 e. The van der Waals surface area contributed by atoms with E-state index in [1.54, 1.807) is 6.07 Å². The van der Waals surface area contributed by atoms with Gasteiger partial charge in [-0.05, 0) is 68.1 Å². The smallest absolute Gasteiger partial charge is 0.221 e. The highest BCUT2D eigenvalue weighted by Gasteiger charge is 2.53. The molecule has 136 valence electrons. The molecule has 1 aromatic carbocycles. The average Bonchev–Trinajstić information content (AvgIpc) is 3.09. The molecule has 3 aliphatic rings. The fraction of sp³-hybridized carbons (Fsp3) is 0.545. The van der Waals surface area contributed by atoms with Crippen molar-refractivity contribution in [3.63, 3.8) is 0 Å². The van der Waals surface area contributed by atoms with Gasteiger partial charge in [-0.15, -0.1) is 0 Å². The number of carbonyl (C=O) groups is 2. The first-order valence-corrected chi connectivity index (χ1v) is 9.88. The number of Topliss-reactive ketones (excluding diaryl/α,β-unsaturated/α-hetero) is 1. The predicted octanol–water partition coefficient (Wildman–Crippen LogP) is 5.18. The number of anilines is 1. The Balaban J connectivity index is 1.49. The third kappa shape index (κ3) is 2.50. The molecular weight excluding hydrogens is 326 g/mol. The minimum absolute atomic E-state index is 0.114. The van der Waals surface area contributed by atoms with Gasteiger partial charge in [-0.2, -0.15) is 0 Å². The number of rotatable bonds is 3. The zero-order valence-corrected chi connectivity index (χ0v) is 15.2. The number of carbonyl (C=O) groups excluding carboxylic acids is 2. The van der Waals surface area contributed by atoms with E-state index >= 15 is 0 Å². The summed E-state index contributed by atoms with van der Waals surface area (Å²) in [6, 6.07) is 7.46. The van der Waals surface area contributed by atoms with E-state index in [0.717, 1.165) is 42.4 Å². The van der Waals surface area contributed by atoms with E-state index in [1.807, 2.05) is 18.2 Å². The lowest BCUT2D eigenvalue weighted by molar-refractivity contribution is -0.114. The molecule has 0 saturated heterocycles. The van der Waals surface area contributed by atoms with E-state index in [4.69, 9.17) is 4.42 Å². The van der Waals surface area contributed by atoms with Crippen molar-refractivity contribution < 1.29 is 14.0 Å². The van der Waals surface area contributed by atoms with E-state index in [1.165, 1.54) is 32.6 Å². The number of hydrogen-bond donors (Lipinski definition) is 1. The molecule has 4 atom stereocenters. The second-order valence-corrected chi connectivity index (χ2v) is 8.81. The highest BCUT2D eigenvalue weighted by Crippen LogP contribution is 2.59. The summed E-state index contributed by atoms with van der Waals surface area (Å²) in [5.41, 5.74) is 1.17. The van der Waals surface area contributed by atoms with Crippen molar-refractivity contribution in [2.45, 2.75) is 51.9 Å². The van der Waals surface area contributed by atoms with Gasteiger partial charge in [0.1, 0.15) is 5.58 Å². The lowest BCUT2D eigenvalue weighted by Gasteiger charge is -2.38. The molecule has 26 heavy (non-hydrogen) atoms. The zero-order chi connectivity index (χ0) is 17.9. The van der Waals surface area contributed by atoms with Crippen LogP contribution in [0.4, 0.5) is 5.69 Å². The summed E-state index contributed by atoms with van der Waals surface area (Å²) in [7, 11) is 0. The van der Waals surface area contributed by atoms with Crippen molar-refractivity contribution in [3.05, 3.63) is 30.0 Å². The van der Waals surface area contributed by atoms with Crippen LogP contribution in [0.2, 0.25) is 0 Å². The van der Waals surface area contributed by atoms with Crippen LogP contribution in [-0.4, -0.2) is 11.7 Å². The molecule has 5 rings (SSSR count). The third-order valence-corrected chi connectivity index (χ3v) is 7.05. The van der Waals surface area contributed by atoms with Crippen LogP contribution in [0, 0.1) is 23.2 Å². The Labute approximate surface area is 153 Å². The van der Waals surface area contributed by atoms with Crippen molar-refractivity contribution in [3.8, 4) is 0 Å². The van der Waals surface area contributed by atoms with Gasteiger partial charge < -0.3 is 9.73 Å². The summed E-state index contributed by atoms with van der Waals surface area (Å²) >= 11 is 0. The quantitative estimate of drug-likeness (QED) is 0.775. The molecular formula is C22H25NO3. The van der Waals surface area contributed by atoms with Gasteiger partial charge in [0.15, 0.2) is 5.76 Å². The molecule has 4 nitrogen and oxygen atoms in total. The van der Waals surface area contributed by atoms with E-state index in [9.17, 15) is 9.59 Å². The minimum atomic E-state index is -0.201. The van der Waals surface area contributed by atoms with Crippen molar-refractivity contribution in [2.24, 2.45) is 23.2 Å². The first kappa shape index (κ1) is 16.1. The lowest BCUT2D eigenvalue weighted by atomic mass is 9.64. The van der Waals surface area contributed by atoms with E-state index < -0.39 is 0 Å². The molecule has 3 saturated carbocycles. The summed E-state index contributed by atoms with van der Waals surface area (Å²) in [5.74, 6) is 2.94. The Kier molecular flexibility index (Phi) is 3.53. The monoisotopic (exact) mass is 351 g/mol. The number of hydrogen-bond acceptors (Lipinski definition) is 3. The minimum Gasteiger partial charge on any atom is -0.453 e. The predicted molar refractivity (Wildman–Crippen MR) is 100 cm³/mol. The molecule has 3 fully saturated rings. The second-order valence-electron chi connectivity index (χ2n) is 8.81. The van der Waals surface area contributed by atoms with Gasteiger partial charge in [-0.3, -0.25) is 9.59 Å². The Hall–Kier alpha value is -2.10. The normalized spacial score (nSPS) is 32.6. The van der Waals surface area contributed by atoms with Gasteiger partial charge in [0.05, 0.1) is 0 Å². The van der Waals surface area contributed by atoms with Gasteiger partial charge in [-0.25, -0.2) is 0 Å². The zero-order valence-electron chi connectivity index (χ0n) is 15.2. The van der Waals surface area contributed by atoms with Gasteiger partial charge in [0, 0.05) is 29.5 Å². The first-order chi connectivity index (χ1) is 12.5. The molecule has 1 amide bonds. The highest BCUT2D eigenvalue weighted by atomic mass is 16.3. The van der Waals surface area contributed by atoms with Crippen molar-refractivity contribution in [1.29, 1.82) is 0 Å². The molecule has 1 aromatic heterocycles. The Morgan fingerprint density at radius 3 is 2.85 bits per heavy atom. The first-order valence-electron chi connectivity index (χ1n) is 9.88. The number of nitrogens with one attached hydrogen (secondary N) is 1. The van der Waals surface area contributed by atoms with Gasteiger partial charge in [0.2, 0.25) is 11.7 Å². The number of benzene rings is 1. The number of ketones is 1. The van der Waals surface area contributed by atoms with Gasteiger partial charge >= 0.3 is 0 Å². The molecule has 1 N–H and O–H groups in total. The second kappa shape index (κ2) is 5.70. The molecule has 0 radical (unpaired) electrons. The summed E-state index contributed by atoms with van der Waals surface area (Å²) in [5, 5.41) is 3.69. The van der Waals surface area contributed by atoms with Crippen LogP contribution in [0.3, 0.4) is 0 Å².